The molecule has 0 spiro atoms. The van der Waals surface area contributed by atoms with E-state index in [9.17, 15) is 23.9 Å². The van der Waals surface area contributed by atoms with E-state index in [2.05, 4.69) is 5.32 Å². The van der Waals surface area contributed by atoms with E-state index in [0.717, 1.165) is 12.1 Å². The maximum absolute atomic E-state index is 13.4. The van der Waals surface area contributed by atoms with Crippen molar-refractivity contribution >= 4 is 34.7 Å². The average molecular weight is 460 g/mol. The quantitative estimate of drug-likeness (QED) is 0.334. The lowest BCUT2D eigenvalue weighted by Gasteiger charge is -2.27. The van der Waals surface area contributed by atoms with Gasteiger partial charge in [0, 0.05) is 29.4 Å². The van der Waals surface area contributed by atoms with Gasteiger partial charge in [-0.15, -0.1) is 0 Å². The molecule has 172 valence electrons. The van der Waals surface area contributed by atoms with Crippen molar-refractivity contribution < 1.29 is 28.6 Å². The Balaban J connectivity index is 1.95. The van der Waals surface area contributed by atoms with E-state index < -0.39 is 29.3 Å². The summed E-state index contributed by atoms with van der Waals surface area (Å²) >= 11 is 0. The molecule has 0 aromatic heterocycles. The van der Waals surface area contributed by atoms with E-state index >= 15 is 0 Å². The number of carbonyl (C=O) groups is 3. The number of benzene rings is 3. The van der Waals surface area contributed by atoms with Gasteiger partial charge in [0.25, 0.3) is 11.7 Å². The molecule has 0 bridgehead atoms. The first-order chi connectivity index (χ1) is 16.3. The van der Waals surface area contributed by atoms with Crippen molar-refractivity contribution in [1.29, 1.82) is 0 Å². The van der Waals surface area contributed by atoms with Gasteiger partial charge in [-0.1, -0.05) is 24.3 Å². The smallest absolute Gasteiger partial charge is 0.300 e. The number of hydrogen-bond acceptors (Lipinski definition) is 5. The van der Waals surface area contributed by atoms with Crippen molar-refractivity contribution in [3.05, 3.63) is 95.3 Å². The van der Waals surface area contributed by atoms with Crippen LogP contribution in [0.25, 0.3) is 5.76 Å². The lowest BCUT2D eigenvalue weighted by Crippen LogP contribution is -2.29. The molecule has 8 heteroatoms. The van der Waals surface area contributed by atoms with Crippen LogP contribution < -0.4 is 15.0 Å². The fourth-order valence-electron chi connectivity index (χ4n) is 3.99. The van der Waals surface area contributed by atoms with E-state index in [1.165, 1.54) is 31.1 Å². The number of rotatable bonds is 5. The van der Waals surface area contributed by atoms with Crippen LogP contribution in [0.15, 0.2) is 78.4 Å². The molecule has 3 aromatic rings. The zero-order valence-electron chi connectivity index (χ0n) is 18.4. The lowest BCUT2D eigenvalue weighted by molar-refractivity contribution is -0.132. The number of hydrogen-bond donors (Lipinski definition) is 2. The molecule has 1 aliphatic heterocycles. The summed E-state index contributed by atoms with van der Waals surface area (Å²) in [6.45, 7) is 1.36. The summed E-state index contributed by atoms with van der Waals surface area (Å²) in [6, 6.07) is 17.2. The highest BCUT2D eigenvalue weighted by Gasteiger charge is 2.48. The third-order valence-corrected chi connectivity index (χ3v) is 5.44. The monoisotopic (exact) mass is 460 g/mol. The Bertz CT molecular complexity index is 1320. The topological polar surface area (TPSA) is 95.9 Å². The van der Waals surface area contributed by atoms with Crippen LogP contribution in [0.3, 0.4) is 0 Å². The summed E-state index contributed by atoms with van der Waals surface area (Å²) < 4.78 is 18.9. The van der Waals surface area contributed by atoms with Crippen molar-refractivity contribution in [3.8, 4) is 5.75 Å². The minimum absolute atomic E-state index is 0.161. The van der Waals surface area contributed by atoms with Gasteiger partial charge >= 0.3 is 0 Å². The number of nitrogens with one attached hydrogen (secondary N) is 1. The molecule has 0 radical (unpaired) electrons. The molecule has 1 heterocycles. The van der Waals surface area contributed by atoms with Crippen LogP contribution >= 0.6 is 0 Å². The first-order valence-electron chi connectivity index (χ1n) is 10.4. The van der Waals surface area contributed by atoms with Gasteiger partial charge in [0.2, 0.25) is 5.91 Å². The van der Waals surface area contributed by atoms with Crippen molar-refractivity contribution in [2.24, 2.45) is 0 Å². The third kappa shape index (κ3) is 4.13. The number of ketones is 1. The highest BCUT2D eigenvalue weighted by atomic mass is 19.1. The fourth-order valence-corrected chi connectivity index (χ4v) is 3.99. The first kappa shape index (κ1) is 22.7. The second-order valence-corrected chi connectivity index (χ2v) is 7.65. The largest absolute Gasteiger partial charge is 0.507 e. The van der Waals surface area contributed by atoms with Crippen molar-refractivity contribution in [1.82, 2.24) is 0 Å². The Morgan fingerprint density at radius 3 is 2.41 bits per heavy atom. The number of ether oxygens (including phenoxy) is 1. The van der Waals surface area contributed by atoms with Crippen LogP contribution in [0, 0.1) is 5.82 Å². The predicted octanol–water partition coefficient (Wildman–Crippen LogP) is 4.42. The van der Waals surface area contributed by atoms with Gasteiger partial charge < -0.3 is 15.2 Å². The molecule has 2 amide bonds. The van der Waals surface area contributed by atoms with Gasteiger partial charge in [0.15, 0.2) is 0 Å². The number of nitrogens with zero attached hydrogens (tertiary/aromatic N) is 1. The number of carbonyl (C=O) groups excluding carboxylic acids is 3. The summed E-state index contributed by atoms with van der Waals surface area (Å²) in [7, 11) is 1.46. The molecule has 1 saturated heterocycles. The number of methoxy groups -OCH3 is 1. The van der Waals surface area contributed by atoms with Crippen LogP contribution in [0.5, 0.6) is 5.75 Å². The minimum Gasteiger partial charge on any atom is -0.507 e. The van der Waals surface area contributed by atoms with Crippen LogP contribution in [0.2, 0.25) is 0 Å². The number of aliphatic hydroxyl groups excluding tert-OH is 1. The lowest BCUT2D eigenvalue weighted by atomic mass is 9.94. The number of Topliss-reactive ketones (excluding diaryl/α,β-unsaturated/α-hetero) is 1. The average Bonchev–Trinajstić information content (AvgIpc) is 3.09. The number of amides is 2. The minimum atomic E-state index is -1.03. The molecule has 1 atom stereocenters. The summed E-state index contributed by atoms with van der Waals surface area (Å²) in [6.07, 6.45) is 0. The number of halogens is 1. The Labute approximate surface area is 195 Å². The van der Waals surface area contributed by atoms with Gasteiger partial charge in [-0.3, -0.25) is 19.3 Å². The van der Waals surface area contributed by atoms with E-state index in [-0.39, 0.29) is 17.0 Å². The number of para-hydroxylation sites is 1. The van der Waals surface area contributed by atoms with Crippen molar-refractivity contribution in [3.63, 3.8) is 0 Å². The Morgan fingerprint density at radius 1 is 1.03 bits per heavy atom. The number of aliphatic hydroxyl groups is 1. The number of anilines is 2. The second-order valence-electron chi connectivity index (χ2n) is 7.65. The van der Waals surface area contributed by atoms with Gasteiger partial charge in [-0.05, 0) is 48.5 Å². The molecule has 0 aliphatic carbocycles. The Kier molecular flexibility index (Phi) is 6.14. The molecule has 0 saturated carbocycles. The van der Waals surface area contributed by atoms with Crippen molar-refractivity contribution in [2.45, 2.75) is 13.0 Å². The molecule has 1 unspecified atom stereocenters. The zero-order chi connectivity index (χ0) is 24.4. The van der Waals surface area contributed by atoms with E-state index in [1.54, 1.807) is 48.5 Å². The normalized spacial score (nSPS) is 17.0. The van der Waals surface area contributed by atoms with Gasteiger partial charge in [-0.25, -0.2) is 4.39 Å². The Morgan fingerprint density at radius 2 is 1.74 bits per heavy atom. The zero-order valence-corrected chi connectivity index (χ0v) is 18.4. The summed E-state index contributed by atoms with van der Waals surface area (Å²) in [5.41, 5.74) is 1.27. The van der Waals surface area contributed by atoms with E-state index in [1.807, 2.05) is 0 Å². The highest BCUT2D eigenvalue weighted by molar-refractivity contribution is 6.51. The summed E-state index contributed by atoms with van der Waals surface area (Å²) in [4.78, 5) is 39.3. The maximum Gasteiger partial charge on any atom is 0.300 e. The maximum atomic E-state index is 13.4. The summed E-state index contributed by atoms with van der Waals surface area (Å²) in [5.74, 6) is -2.59. The molecule has 34 heavy (non-hydrogen) atoms. The molecule has 1 aliphatic rings. The molecule has 7 nitrogen and oxygen atoms in total. The van der Waals surface area contributed by atoms with Crippen LogP contribution in [-0.2, 0) is 14.4 Å². The van der Waals surface area contributed by atoms with Gasteiger partial charge in [-0.2, -0.15) is 0 Å². The van der Waals surface area contributed by atoms with Crippen molar-refractivity contribution in [2.75, 3.05) is 17.3 Å². The molecule has 1 fully saturated rings. The predicted molar refractivity (Wildman–Crippen MR) is 125 cm³/mol. The van der Waals surface area contributed by atoms with Gasteiger partial charge in [0.1, 0.15) is 17.3 Å². The Hall–Kier alpha value is -4.46. The van der Waals surface area contributed by atoms with Gasteiger partial charge in [0.05, 0.1) is 18.7 Å². The summed E-state index contributed by atoms with van der Waals surface area (Å²) in [5, 5.41) is 13.7. The highest BCUT2D eigenvalue weighted by Crippen LogP contribution is 2.45. The fraction of sp³-hybridized carbons (Fsp3) is 0.115. The second kappa shape index (κ2) is 9.19. The third-order valence-electron chi connectivity index (χ3n) is 5.44. The first-order valence-corrected chi connectivity index (χ1v) is 10.4. The standard InChI is InChI=1S/C26H21FN2O5/c1-15(30)28-18-6-5-7-19(14-18)29-23(20-8-3-4-9-21(20)34-2)22(25(32)26(29)33)24(31)16-10-12-17(27)13-11-16/h3-14,23,31H,1-2H3,(H,28,30)/b24-22+. The molecule has 2 N–H and O–H groups in total. The van der Waals surface area contributed by atoms with Crippen LogP contribution in [0.4, 0.5) is 15.8 Å². The molecular formula is C26H21FN2O5. The van der Waals surface area contributed by atoms with E-state index in [4.69, 9.17) is 4.74 Å². The SMILES string of the molecule is COc1ccccc1C1/C(=C(\O)c2ccc(F)cc2)C(=O)C(=O)N1c1cccc(NC(C)=O)c1. The molecule has 4 rings (SSSR count). The van der Waals surface area contributed by atoms with Crippen LogP contribution in [-0.4, -0.2) is 29.8 Å². The molecule has 3 aromatic carbocycles. The van der Waals surface area contributed by atoms with Crippen LogP contribution in [0.1, 0.15) is 24.1 Å². The van der Waals surface area contributed by atoms with E-state index in [0.29, 0.717) is 22.7 Å². The molecular weight excluding hydrogens is 439 g/mol.